The van der Waals surface area contributed by atoms with Gasteiger partial charge in [-0.25, -0.2) is 4.99 Å². The molecule has 29 heavy (non-hydrogen) atoms. The van der Waals surface area contributed by atoms with Crippen molar-refractivity contribution in [3.63, 3.8) is 0 Å². The number of ether oxygens (including phenoxy) is 2. The number of nitro groups is 1. The molecule has 2 N–H and O–H groups in total. The van der Waals surface area contributed by atoms with E-state index in [9.17, 15) is 20.0 Å². The number of hydrogen-bond donors (Lipinski definition) is 2. The van der Waals surface area contributed by atoms with Gasteiger partial charge in [0.05, 0.1) is 35.3 Å². The van der Waals surface area contributed by atoms with Crippen LogP contribution in [0.1, 0.15) is 12.5 Å². The highest BCUT2D eigenvalue weighted by Crippen LogP contribution is 2.38. The van der Waals surface area contributed by atoms with Crippen molar-refractivity contribution in [3.8, 4) is 17.2 Å². The molecule has 0 radical (unpaired) electrons. The van der Waals surface area contributed by atoms with Crippen LogP contribution in [-0.4, -0.2) is 34.8 Å². The summed E-state index contributed by atoms with van der Waals surface area (Å²) in [6.07, 6.45) is 1.35. The number of phenolic OH excluding ortho intramolecular Hbond substituents is 1. The lowest BCUT2D eigenvalue weighted by molar-refractivity contribution is -0.385. The number of carbonyl (C=O) groups is 1. The van der Waals surface area contributed by atoms with Gasteiger partial charge in [0.15, 0.2) is 16.7 Å². The highest BCUT2D eigenvalue weighted by atomic mass is 32.2. The zero-order chi connectivity index (χ0) is 21.0. The summed E-state index contributed by atoms with van der Waals surface area (Å²) in [5, 5.41) is 24.3. The Kier molecular flexibility index (Phi) is 6.03. The second kappa shape index (κ2) is 8.65. The first-order valence-electron chi connectivity index (χ1n) is 8.49. The maximum absolute atomic E-state index is 12.3. The van der Waals surface area contributed by atoms with Gasteiger partial charge < -0.3 is 19.9 Å². The topological polar surface area (TPSA) is 123 Å². The van der Waals surface area contributed by atoms with Gasteiger partial charge >= 0.3 is 0 Å². The largest absolute Gasteiger partial charge is 0.504 e. The zero-order valence-electron chi connectivity index (χ0n) is 15.5. The number of amides is 1. The van der Waals surface area contributed by atoms with Crippen molar-refractivity contribution in [3.05, 3.63) is 57.0 Å². The quantitative estimate of drug-likeness (QED) is 0.420. The first-order valence-corrected chi connectivity index (χ1v) is 9.30. The zero-order valence-corrected chi connectivity index (χ0v) is 16.4. The number of thioether (sulfide) groups is 1. The summed E-state index contributed by atoms with van der Waals surface area (Å²) >= 11 is 1.06. The van der Waals surface area contributed by atoms with Gasteiger partial charge in [0, 0.05) is 11.6 Å². The summed E-state index contributed by atoms with van der Waals surface area (Å²) in [4.78, 5) is 27.3. The maximum Gasteiger partial charge on any atom is 0.274 e. The molecule has 1 aliphatic rings. The number of aliphatic imine (C=N–C) groups is 1. The smallest absolute Gasteiger partial charge is 0.274 e. The average Bonchev–Trinajstić information content (AvgIpc) is 3.03. The molecule has 0 aliphatic carbocycles. The lowest BCUT2D eigenvalue weighted by atomic mass is 10.1. The van der Waals surface area contributed by atoms with E-state index in [1.54, 1.807) is 24.3 Å². The molecular formula is C19H17N3O6S. The molecule has 1 amide bonds. The van der Waals surface area contributed by atoms with E-state index in [-0.39, 0.29) is 27.7 Å². The fraction of sp³-hybridized carbons (Fsp3) is 0.158. The third-order valence-electron chi connectivity index (χ3n) is 3.84. The standard InChI is InChI=1S/C19H17N3O6S/c1-3-28-14-6-4-12(5-7-14)20-19-21-18(24)16(29-19)9-11-8-13(22(25)26)10-15(27-2)17(11)23/h4-10,23H,3H2,1-2H3,(H,20,21,24)/b16-9+. The first kappa shape index (κ1) is 20.2. The monoisotopic (exact) mass is 415 g/mol. The van der Waals surface area contributed by atoms with Gasteiger partial charge in [-0.3, -0.25) is 14.9 Å². The van der Waals surface area contributed by atoms with Gasteiger partial charge in [-0.2, -0.15) is 0 Å². The molecule has 1 heterocycles. The van der Waals surface area contributed by atoms with Crippen LogP contribution in [0, 0.1) is 10.1 Å². The molecular weight excluding hydrogens is 398 g/mol. The van der Waals surface area contributed by atoms with Gasteiger partial charge in [-0.05, 0) is 49.0 Å². The molecule has 10 heteroatoms. The Balaban J connectivity index is 1.87. The van der Waals surface area contributed by atoms with E-state index in [1.165, 1.54) is 19.3 Å². The van der Waals surface area contributed by atoms with Crippen molar-refractivity contribution < 1.29 is 24.3 Å². The van der Waals surface area contributed by atoms with Crippen LogP contribution in [0.25, 0.3) is 6.08 Å². The molecule has 2 aromatic rings. The van der Waals surface area contributed by atoms with Gasteiger partial charge in [-0.1, -0.05) is 0 Å². The van der Waals surface area contributed by atoms with Crippen LogP contribution in [0.3, 0.4) is 0 Å². The molecule has 9 nitrogen and oxygen atoms in total. The Morgan fingerprint density at radius 2 is 2.03 bits per heavy atom. The number of benzene rings is 2. The van der Waals surface area contributed by atoms with E-state index in [0.717, 1.165) is 23.6 Å². The summed E-state index contributed by atoms with van der Waals surface area (Å²) in [7, 11) is 1.29. The summed E-state index contributed by atoms with van der Waals surface area (Å²) in [5.74, 6) is -0.0616. The van der Waals surface area contributed by atoms with Crippen LogP contribution in [-0.2, 0) is 4.79 Å². The van der Waals surface area contributed by atoms with E-state index in [0.29, 0.717) is 17.5 Å². The summed E-state index contributed by atoms with van der Waals surface area (Å²) in [6, 6.07) is 9.33. The fourth-order valence-corrected chi connectivity index (χ4v) is 3.34. The summed E-state index contributed by atoms with van der Waals surface area (Å²) < 4.78 is 10.3. The Morgan fingerprint density at radius 1 is 1.31 bits per heavy atom. The molecule has 0 saturated carbocycles. The lowest BCUT2D eigenvalue weighted by Gasteiger charge is -2.06. The SMILES string of the molecule is CCOc1ccc(N=C2NC(=O)/C(=C\c3cc([N+](=O)[O-])cc(OC)c3O)S2)cc1. The molecule has 2 aromatic carbocycles. The Labute approximate surface area is 170 Å². The van der Waals surface area contributed by atoms with Crippen molar-refractivity contribution in [2.24, 2.45) is 4.99 Å². The van der Waals surface area contributed by atoms with Gasteiger partial charge in [0.1, 0.15) is 5.75 Å². The van der Waals surface area contributed by atoms with Gasteiger partial charge in [0.25, 0.3) is 11.6 Å². The number of hydrogen-bond acceptors (Lipinski definition) is 8. The predicted octanol–water partition coefficient (Wildman–Crippen LogP) is 3.60. The van der Waals surface area contributed by atoms with E-state index in [1.807, 2.05) is 6.92 Å². The predicted molar refractivity (Wildman–Crippen MR) is 110 cm³/mol. The molecule has 0 unspecified atom stereocenters. The highest BCUT2D eigenvalue weighted by Gasteiger charge is 2.25. The highest BCUT2D eigenvalue weighted by molar-refractivity contribution is 8.18. The molecule has 0 atom stereocenters. The number of non-ortho nitro benzene ring substituents is 1. The van der Waals surface area contributed by atoms with E-state index in [2.05, 4.69) is 10.3 Å². The average molecular weight is 415 g/mol. The van der Waals surface area contributed by atoms with Crippen molar-refractivity contribution in [1.29, 1.82) is 0 Å². The minimum Gasteiger partial charge on any atom is -0.504 e. The molecule has 0 spiro atoms. The Morgan fingerprint density at radius 3 is 2.66 bits per heavy atom. The minimum atomic E-state index is -0.607. The van der Waals surface area contributed by atoms with Crippen molar-refractivity contribution in [1.82, 2.24) is 5.32 Å². The van der Waals surface area contributed by atoms with E-state index < -0.39 is 10.8 Å². The second-order valence-electron chi connectivity index (χ2n) is 5.75. The first-order chi connectivity index (χ1) is 13.9. The number of nitrogens with one attached hydrogen (secondary N) is 1. The maximum atomic E-state index is 12.3. The van der Waals surface area contributed by atoms with Crippen LogP contribution in [0.4, 0.5) is 11.4 Å². The lowest BCUT2D eigenvalue weighted by Crippen LogP contribution is -2.19. The minimum absolute atomic E-state index is 0.0577. The summed E-state index contributed by atoms with van der Waals surface area (Å²) in [5.41, 5.74) is 0.451. The van der Waals surface area contributed by atoms with Crippen LogP contribution in [0.15, 0.2) is 46.3 Å². The Bertz CT molecular complexity index is 1020. The van der Waals surface area contributed by atoms with Crippen LogP contribution in [0.2, 0.25) is 0 Å². The Hall–Kier alpha value is -3.53. The third kappa shape index (κ3) is 4.66. The van der Waals surface area contributed by atoms with Gasteiger partial charge in [0.2, 0.25) is 0 Å². The van der Waals surface area contributed by atoms with Crippen LogP contribution >= 0.6 is 11.8 Å². The molecule has 3 rings (SSSR count). The van der Waals surface area contributed by atoms with Crippen LogP contribution < -0.4 is 14.8 Å². The molecule has 1 saturated heterocycles. The fourth-order valence-electron chi connectivity index (χ4n) is 2.51. The van der Waals surface area contributed by atoms with Crippen molar-refractivity contribution in [2.45, 2.75) is 6.92 Å². The molecule has 1 aliphatic heterocycles. The number of aromatic hydroxyl groups is 1. The number of methoxy groups -OCH3 is 1. The molecule has 150 valence electrons. The number of amidine groups is 1. The summed E-state index contributed by atoms with van der Waals surface area (Å²) in [6.45, 7) is 2.45. The number of carbonyl (C=O) groups excluding carboxylic acids is 1. The van der Waals surface area contributed by atoms with Gasteiger partial charge in [-0.15, -0.1) is 0 Å². The number of phenols is 1. The molecule has 0 bridgehead atoms. The third-order valence-corrected chi connectivity index (χ3v) is 4.75. The molecule has 0 aromatic heterocycles. The normalized spacial score (nSPS) is 16.1. The van der Waals surface area contributed by atoms with Crippen molar-refractivity contribution >= 4 is 40.3 Å². The van der Waals surface area contributed by atoms with E-state index >= 15 is 0 Å². The van der Waals surface area contributed by atoms with E-state index in [4.69, 9.17) is 9.47 Å². The molecule has 1 fully saturated rings. The number of rotatable bonds is 6. The van der Waals surface area contributed by atoms with Crippen LogP contribution in [0.5, 0.6) is 17.2 Å². The number of nitrogens with zero attached hydrogens (tertiary/aromatic N) is 2. The number of nitro benzene ring substituents is 1. The second-order valence-corrected chi connectivity index (χ2v) is 6.78. The van der Waals surface area contributed by atoms with Crippen molar-refractivity contribution in [2.75, 3.05) is 13.7 Å².